The predicted octanol–water partition coefficient (Wildman–Crippen LogP) is 2.09. The Morgan fingerprint density at radius 1 is 1.47 bits per heavy atom. The van der Waals surface area contributed by atoms with Gasteiger partial charge in [-0.05, 0) is 31.0 Å². The lowest BCUT2D eigenvalue weighted by atomic mass is 10.3. The second kappa shape index (κ2) is 5.77. The van der Waals surface area contributed by atoms with Crippen LogP contribution in [0.4, 0.5) is 0 Å². The van der Waals surface area contributed by atoms with Crippen molar-refractivity contribution in [1.29, 1.82) is 0 Å². The Morgan fingerprint density at radius 2 is 2.26 bits per heavy atom. The summed E-state index contributed by atoms with van der Waals surface area (Å²) in [6.45, 7) is 0.526. The van der Waals surface area contributed by atoms with Crippen LogP contribution in [0.1, 0.15) is 18.5 Å². The van der Waals surface area contributed by atoms with Crippen LogP contribution in [-0.2, 0) is 6.54 Å². The quantitative estimate of drug-likeness (QED) is 0.493. The molecule has 5 nitrogen and oxygen atoms in total. The van der Waals surface area contributed by atoms with Crippen molar-refractivity contribution >= 4 is 41.0 Å². The number of aliphatic imine (C=N–C) groups is 1. The van der Waals surface area contributed by atoms with E-state index in [1.54, 1.807) is 0 Å². The summed E-state index contributed by atoms with van der Waals surface area (Å²) in [4.78, 5) is 14.0. The molecule has 0 saturated heterocycles. The number of aromatic nitrogens is 2. The summed E-state index contributed by atoms with van der Waals surface area (Å²) in [5, 5.41) is 1.12. The van der Waals surface area contributed by atoms with Gasteiger partial charge in [-0.3, -0.25) is 0 Å². The van der Waals surface area contributed by atoms with Crippen LogP contribution in [0.25, 0.3) is 11.0 Å². The van der Waals surface area contributed by atoms with Gasteiger partial charge in [-0.1, -0.05) is 0 Å². The highest BCUT2D eigenvalue weighted by atomic mass is 127. The van der Waals surface area contributed by atoms with Crippen LogP contribution in [0.3, 0.4) is 0 Å². The van der Waals surface area contributed by atoms with E-state index >= 15 is 0 Å². The van der Waals surface area contributed by atoms with Gasteiger partial charge in [-0.25, -0.2) is 9.98 Å². The average molecular weight is 371 g/mol. The monoisotopic (exact) mass is 371 g/mol. The molecule has 1 aliphatic rings. The highest BCUT2D eigenvalue weighted by Gasteiger charge is 2.27. The lowest BCUT2D eigenvalue weighted by Crippen LogP contribution is -2.35. The van der Waals surface area contributed by atoms with Gasteiger partial charge in [0.15, 0.2) is 5.96 Å². The summed E-state index contributed by atoms with van der Waals surface area (Å²) < 4.78 is 0. The number of nitrogens with one attached hydrogen (secondary N) is 1. The molecule has 3 N–H and O–H groups in total. The smallest absolute Gasteiger partial charge is 0.191 e. The second-order valence-electron chi connectivity index (χ2n) is 4.73. The second-order valence-corrected chi connectivity index (χ2v) is 4.73. The van der Waals surface area contributed by atoms with Gasteiger partial charge in [0.2, 0.25) is 0 Å². The Bertz CT molecular complexity index is 587. The number of rotatable bonds is 3. The lowest BCUT2D eigenvalue weighted by molar-refractivity contribution is 0.487. The van der Waals surface area contributed by atoms with Gasteiger partial charge in [-0.2, -0.15) is 0 Å². The molecular formula is C13H18IN5. The SMILES string of the molecule is CN(C(N)=NCc1ccc2cc[nH]c2n1)C1CC1.I. The Hall–Kier alpha value is -1.31. The summed E-state index contributed by atoms with van der Waals surface area (Å²) in [5.41, 5.74) is 7.77. The number of pyridine rings is 1. The first-order valence-electron chi connectivity index (χ1n) is 6.20. The van der Waals surface area contributed by atoms with Crippen molar-refractivity contribution in [1.82, 2.24) is 14.9 Å². The van der Waals surface area contributed by atoms with E-state index in [2.05, 4.69) is 15.0 Å². The highest BCUT2D eigenvalue weighted by Crippen LogP contribution is 2.24. The number of hydrogen-bond acceptors (Lipinski definition) is 2. The van der Waals surface area contributed by atoms with Crippen LogP contribution in [0.2, 0.25) is 0 Å². The summed E-state index contributed by atoms with van der Waals surface area (Å²) >= 11 is 0. The highest BCUT2D eigenvalue weighted by molar-refractivity contribution is 14.0. The minimum atomic E-state index is 0. The number of fused-ring (bicyclic) bond motifs is 1. The molecule has 102 valence electrons. The molecule has 0 spiro atoms. The number of nitrogens with zero attached hydrogens (tertiary/aromatic N) is 3. The van der Waals surface area contributed by atoms with Crippen LogP contribution in [-0.4, -0.2) is 33.9 Å². The standard InChI is InChI=1S/C13H17N5.HI/c1-18(11-4-5-11)13(14)16-8-10-3-2-9-6-7-15-12(9)17-10;/h2-3,6-7,11H,4-5,8H2,1H3,(H2,14,16)(H,15,17);1H. The molecule has 2 aromatic rings. The molecule has 19 heavy (non-hydrogen) atoms. The number of guanidine groups is 1. The molecule has 0 atom stereocenters. The fraction of sp³-hybridized carbons (Fsp3) is 0.385. The van der Waals surface area contributed by atoms with Crippen LogP contribution < -0.4 is 5.73 Å². The summed E-state index contributed by atoms with van der Waals surface area (Å²) in [6.07, 6.45) is 4.33. The van der Waals surface area contributed by atoms with Gasteiger partial charge in [-0.15, -0.1) is 24.0 Å². The molecule has 0 bridgehead atoms. The molecule has 1 fully saturated rings. The van der Waals surface area contributed by atoms with E-state index in [-0.39, 0.29) is 24.0 Å². The number of nitrogens with two attached hydrogens (primary N) is 1. The number of hydrogen-bond donors (Lipinski definition) is 2. The molecule has 3 rings (SSSR count). The Balaban J connectivity index is 0.00000133. The molecular weight excluding hydrogens is 353 g/mol. The van der Waals surface area contributed by atoms with Crippen LogP contribution in [0.5, 0.6) is 0 Å². The maximum Gasteiger partial charge on any atom is 0.191 e. The van der Waals surface area contributed by atoms with E-state index in [0.717, 1.165) is 16.7 Å². The summed E-state index contributed by atoms with van der Waals surface area (Å²) in [7, 11) is 2.00. The zero-order chi connectivity index (χ0) is 12.5. The van der Waals surface area contributed by atoms with Crippen molar-refractivity contribution < 1.29 is 0 Å². The summed E-state index contributed by atoms with van der Waals surface area (Å²) in [5.74, 6) is 0.603. The van der Waals surface area contributed by atoms with Crippen molar-refractivity contribution in [3.8, 4) is 0 Å². The topological polar surface area (TPSA) is 70.3 Å². The largest absolute Gasteiger partial charge is 0.370 e. The minimum Gasteiger partial charge on any atom is -0.370 e. The van der Waals surface area contributed by atoms with Gasteiger partial charge in [0.25, 0.3) is 0 Å². The molecule has 0 amide bonds. The van der Waals surface area contributed by atoms with Gasteiger partial charge >= 0.3 is 0 Å². The molecule has 1 aliphatic carbocycles. The van der Waals surface area contributed by atoms with Crippen molar-refractivity contribution in [3.63, 3.8) is 0 Å². The summed E-state index contributed by atoms with van der Waals surface area (Å²) in [6, 6.07) is 6.63. The third kappa shape index (κ3) is 3.17. The lowest BCUT2D eigenvalue weighted by Gasteiger charge is -2.16. The van der Waals surface area contributed by atoms with E-state index in [1.807, 2.05) is 36.3 Å². The molecule has 6 heteroatoms. The van der Waals surface area contributed by atoms with E-state index in [0.29, 0.717) is 18.5 Å². The van der Waals surface area contributed by atoms with Gasteiger partial charge in [0.1, 0.15) is 5.65 Å². The molecule has 0 aromatic carbocycles. The first-order chi connectivity index (χ1) is 8.74. The third-order valence-electron chi connectivity index (χ3n) is 3.33. The molecule has 0 radical (unpaired) electrons. The Labute approximate surface area is 129 Å². The van der Waals surface area contributed by atoms with E-state index in [4.69, 9.17) is 5.73 Å². The average Bonchev–Trinajstić information content (AvgIpc) is 3.13. The molecule has 2 aromatic heterocycles. The number of halogens is 1. The minimum absolute atomic E-state index is 0. The van der Waals surface area contributed by atoms with Crippen molar-refractivity contribution in [3.05, 3.63) is 30.1 Å². The first kappa shape index (κ1) is 14.1. The van der Waals surface area contributed by atoms with Crippen molar-refractivity contribution in [2.75, 3.05) is 7.05 Å². The maximum atomic E-state index is 5.94. The predicted molar refractivity (Wildman–Crippen MR) is 87.6 cm³/mol. The van der Waals surface area contributed by atoms with E-state index in [9.17, 15) is 0 Å². The zero-order valence-electron chi connectivity index (χ0n) is 10.8. The van der Waals surface area contributed by atoms with Gasteiger partial charge in [0.05, 0.1) is 12.2 Å². The van der Waals surface area contributed by atoms with Crippen molar-refractivity contribution in [2.24, 2.45) is 10.7 Å². The van der Waals surface area contributed by atoms with Crippen LogP contribution in [0.15, 0.2) is 29.4 Å². The molecule has 0 unspecified atom stereocenters. The maximum absolute atomic E-state index is 5.94. The number of H-pyrrole nitrogens is 1. The van der Waals surface area contributed by atoms with Crippen LogP contribution in [0, 0.1) is 0 Å². The van der Waals surface area contributed by atoms with E-state index in [1.165, 1.54) is 12.8 Å². The van der Waals surface area contributed by atoms with Crippen molar-refractivity contribution in [2.45, 2.75) is 25.4 Å². The first-order valence-corrected chi connectivity index (χ1v) is 6.20. The van der Waals surface area contributed by atoms with Gasteiger partial charge in [0, 0.05) is 24.7 Å². The van der Waals surface area contributed by atoms with Crippen LogP contribution >= 0.6 is 24.0 Å². The fourth-order valence-electron chi connectivity index (χ4n) is 1.98. The molecule has 1 saturated carbocycles. The van der Waals surface area contributed by atoms with Gasteiger partial charge < -0.3 is 15.6 Å². The zero-order valence-corrected chi connectivity index (χ0v) is 13.2. The normalized spacial score (nSPS) is 15.3. The third-order valence-corrected chi connectivity index (χ3v) is 3.33. The molecule has 2 heterocycles. The van der Waals surface area contributed by atoms with E-state index < -0.39 is 0 Å². The fourth-order valence-corrected chi connectivity index (χ4v) is 1.98. The Morgan fingerprint density at radius 3 is 3.00 bits per heavy atom. The number of aromatic amines is 1. The molecule has 0 aliphatic heterocycles. The Kier molecular flexibility index (Phi) is 4.28.